The molecule has 1 fully saturated rings. The van der Waals surface area contributed by atoms with Crippen LogP contribution in [-0.2, 0) is 13.0 Å². The van der Waals surface area contributed by atoms with Gasteiger partial charge in [0.05, 0.1) is 17.8 Å². The van der Waals surface area contributed by atoms with Gasteiger partial charge in [-0.15, -0.1) is 0 Å². The summed E-state index contributed by atoms with van der Waals surface area (Å²) in [5.41, 5.74) is 6.15. The van der Waals surface area contributed by atoms with E-state index >= 15 is 0 Å². The van der Waals surface area contributed by atoms with E-state index in [4.69, 9.17) is 0 Å². The summed E-state index contributed by atoms with van der Waals surface area (Å²) in [5.74, 6) is -0.299. The van der Waals surface area contributed by atoms with Crippen molar-refractivity contribution >= 4 is 5.91 Å². The minimum atomic E-state index is -0.443. The van der Waals surface area contributed by atoms with Crippen LogP contribution in [0.1, 0.15) is 57.4 Å². The SMILES string of the molecule is Cc1c(Cc2ccc(-n3cccn3)cc2F)cc2c(c1C)CN(C1CCCC1O)C2=O. The van der Waals surface area contributed by atoms with Gasteiger partial charge in [0.1, 0.15) is 5.82 Å². The summed E-state index contributed by atoms with van der Waals surface area (Å²) < 4.78 is 16.5. The zero-order chi connectivity index (χ0) is 21.7. The summed E-state index contributed by atoms with van der Waals surface area (Å²) in [7, 11) is 0. The zero-order valence-corrected chi connectivity index (χ0v) is 17.8. The first kappa shape index (κ1) is 19.9. The van der Waals surface area contributed by atoms with Gasteiger partial charge in [-0.25, -0.2) is 9.07 Å². The monoisotopic (exact) mass is 419 g/mol. The molecular weight excluding hydrogens is 393 g/mol. The number of carbonyl (C=O) groups is 1. The van der Waals surface area contributed by atoms with Crippen LogP contribution in [0.25, 0.3) is 5.69 Å². The Kier molecular flexibility index (Phi) is 4.89. The normalized spacial score (nSPS) is 20.5. The molecule has 2 aromatic carbocycles. The molecule has 1 saturated carbocycles. The molecule has 6 heteroatoms. The van der Waals surface area contributed by atoms with E-state index in [0.717, 1.165) is 41.5 Å². The van der Waals surface area contributed by atoms with Gasteiger partial charge in [0.2, 0.25) is 0 Å². The summed E-state index contributed by atoms with van der Waals surface area (Å²) in [6, 6.07) is 8.77. The number of carbonyl (C=O) groups excluding carboxylic acids is 1. The van der Waals surface area contributed by atoms with E-state index in [0.29, 0.717) is 29.8 Å². The quantitative estimate of drug-likeness (QED) is 0.693. The molecule has 1 aromatic heterocycles. The second-order valence-electron chi connectivity index (χ2n) is 8.71. The molecule has 3 aromatic rings. The van der Waals surface area contributed by atoms with E-state index in [1.165, 1.54) is 6.07 Å². The molecule has 5 rings (SSSR count). The third kappa shape index (κ3) is 3.35. The minimum absolute atomic E-state index is 0.0141. The number of nitrogens with zero attached hydrogens (tertiary/aromatic N) is 3. The van der Waals surface area contributed by atoms with Crippen molar-refractivity contribution in [2.24, 2.45) is 0 Å². The lowest BCUT2D eigenvalue weighted by atomic mass is 9.91. The lowest BCUT2D eigenvalue weighted by Gasteiger charge is -2.26. The molecular formula is C25H26FN3O2. The molecule has 0 radical (unpaired) electrons. The molecule has 2 heterocycles. The van der Waals surface area contributed by atoms with E-state index in [1.54, 1.807) is 29.2 Å². The predicted molar refractivity (Wildman–Crippen MR) is 116 cm³/mol. The maximum absolute atomic E-state index is 14.9. The molecule has 1 amide bonds. The van der Waals surface area contributed by atoms with Crippen LogP contribution in [0.2, 0.25) is 0 Å². The molecule has 1 aliphatic heterocycles. The number of amides is 1. The van der Waals surface area contributed by atoms with Crippen LogP contribution in [0.3, 0.4) is 0 Å². The van der Waals surface area contributed by atoms with Crippen molar-refractivity contribution in [1.82, 2.24) is 14.7 Å². The van der Waals surface area contributed by atoms with Crippen LogP contribution < -0.4 is 0 Å². The number of hydrogen-bond acceptors (Lipinski definition) is 3. The molecule has 5 nitrogen and oxygen atoms in total. The Morgan fingerprint density at radius 1 is 1.16 bits per heavy atom. The Bertz CT molecular complexity index is 1160. The maximum atomic E-state index is 14.9. The van der Waals surface area contributed by atoms with Crippen LogP contribution in [-0.4, -0.2) is 37.8 Å². The Balaban J connectivity index is 1.45. The molecule has 31 heavy (non-hydrogen) atoms. The Morgan fingerprint density at radius 3 is 2.68 bits per heavy atom. The molecule has 160 valence electrons. The zero-order valence-electron chi connectivity index (χ0n) is 17.8. The largest absolute Gasteiger partial charge is 0.391 e. The highest BCUT2D eigenvalue weighted by molar-refractivity contribution is 5.99. The average molecular weight is 420 g/mol. The van der Waals surface area contributed by atoms with Gasteiger partial charge in [-0.2, -0.15) is 5.10 Å². The molecule has 2 unspecified atom stereocenters. The molecule has 2 aliphatic rings. The topological polar surface area (TPSA) is 58.4 Å². The van der Waals surface area contributed by atoms with Gasteiger partial charge in [-0.1, -0.05) is 6.07 Å². The second-order valence-corrected chi connectivity index (χ2v) is 8.71. The summed E-state index contributed by atoms with van der Waals surface area (Å²) >= 11 is 0. The third-order valence-corrected chi connectivity index (χ3v) is 6.99. The predicted octanol–water partition coefficient (Wildman–Crippen LogP) is 4.09. The molecule has 2 atom stereocenters. The van der Waals surface area contributed by atoms with Crippen LogP contribution in [0, 0.1) is 19.7 Å². The maximum Gasteiger partial charge on any atom is 0.254 e. The number of aliphatic hydroxyl groups is 1. The number of benzene rings is 2. The van der Waals surface area contributed by atoms with Crippen molar-refractivity contribution in [3.63, 3.8) is 0 Å². The Hall–Kier alpha value is -2.99. The highest BCUT2D eigenvalue weighted by atomic mass is 19.1. The van der Waals surface area contributed by atoms with Crippen molar-refractivity contribution in [2.45, 2.75) is 58.2 Å². The lowest BCUT2D eigenvalue weighted by molar-refractivity contribution is 0.0479. The first-order valence-electron chi connectivity index (χ1n) is 10.8. The van der Waals surface area contributed by atoms with Crippen LogP contribution >= 0.6 is 0 Å². The molecule has 0 spiro atoms. The summed E-state index contributed by atoms with van der Waals surface area (Å²) in [6.07, 6.45) is 5.96. The standard InChI is InChI=1S/C25H26FN3O2/c1-15-16(2)21-14-28(23-5-3-6-24(23)30)25(31)20(21)12-18(15)11-17-7-8-19(13-22(17)26)29-10-4-9-27-29/h4,7-10,12-13,23-24,30H,3,5-6,11,14H2,1-2H3. The van der Waals surface area contributed by atoms with Crippen molar-refractivity contribution in [3.8, 4) is 5.69 Å². The van der Waals surface area contributed by atoms with Gasteiger partial charge in [0, 0.05) is 30.9 Å². The first-order valence-corrected chi connectivity index (χ1v) is 10.8. The third-order valence-electron chi connectivity index (χ3n) is 6.99. The first-order chi connectivity index (χ1) is 14.9. The van der Waals surface area contributed by atoms with E-state index in [-0.39, 0.29) is 17.8 Å². The average Bonchev–Trinajstić information content (AvgIpc) is 3.49. The molecule has 1 N–H and O–H groups in total. The summed E-state index contributed by atoms with van der Waals surface area (Å²) in [4.78, 5) is 15.0. The van der Waals surface area contributed by atoms with E-state index < -0.39 is 6.10 Å². The fraction of sp³-hybridized carbons (Fsp3) is 0.360. The van der Waals surface area contributed by atoms with Crippen molar-refractivity contribution < 1.29 is 14.3 Å². The molecule has 1 aliphatic carbocycles. The van der Waals surface area contributed by atoms with Crippen LogP contribution in [0.5, 0.6) is 0 Å². The van der Waals surface area contributed by atoms with Crippen molar-refractivity contribution in [3.05, 3.63) is 81.9 Å². The van der Waals surface area contributed by atoms with Gasteiger partial charge in [0.25, 0.3) is 5.91 Å². The summed E-state index contributed by atoms with van der Waals surface area (Å²) in [6.45, 7) is 4.63. The van der Waals surface area contributed by atoms with Gasteiger partial charge in [0.15, 0.2) is 0 Å². The fourth-order valence-electron chi connectivity index (χ4n) is 5.01. The van der Waals surface area contributed by atoms with E-state index in [1.807, 2.05) is 30.9 Å². The van der Waals surface area contributed by atoms with Crippen molar-refractivity contribution in [1.29, 1.82) is 0 Å². The molecule has 0 bridgehead atoms. The Morgan fingerprint density at radius 2 is 2.00 bits per heavy atom. The van der Waals surface area contributed by atoms with Crippen molar-refractivity contribution in [2.75, 3.05) is 0 Å². The Labute approximate surface area is 181 Å². The minimum Gasteiger partial charge on any atom is -0.391 e. The van der Waals surface area contributed by atoms with Gasteiger partial charge in [-0.3, -0.25) is 4.79 Å². The highest BCUT2D eigenvalue weighted by Gasteiger charge is 2.39. The fourth-order valence-corrected chi connectivity index (χ4v) is 5.01. The number of aliphatic hydroxyl groups excluding tert-OH is 1. The molecule has 0 saturated heterocycles. The van der Waals surface area contributed by atoms with Gasteiger partial charge >= 0.3 is 0 Å². The summed E-state index contributed by atoms with van der Waals surface area (Å²) in [5, 5.41) is 14.4. The van der Waals surface area contributed by atoms with E-state index in [2.05, 4.69) is 5.10 Å². The van der Waals surface area contributed by atoms with E-state index in [9.17, 15) is 14.3 Å². The highest BCUT2D eigenvalue weighted by Crippen LogP contribution is 2.36. The van der Waals surface area contributed by atoms with Gasteiger partial charge in [-0.05, 0) is 85.2 Å². The van der Waals surface area contributed by atoms with Crippen LogP contribution in [0.4, 0.5) is 4.39 Å². The number of aromatic nitrogens is 2. The lowest BCUT2D eigenvalue weighted by Crippen LogP contribution is -2.40. The smallest absolute Gasteiger partial charge is 0.254 e. The second kappa shape index (κ2) is 7.61. The van der Waals surface area contributed by atoms with Crippen LogP contribution in [0.15, 0.2) is 42.7 Å². The number of rotatable bonds is 4. The number of halogens is 1. The number of fused-ring (bicyclic) bond motifs is 1. The van der Waals surface area contributed by atoms with Gasteiger partial charge < -0.3 is 10.0 Å². The number of hydrogen-bond donors (Lipinski definition) is 1.